The van der Waals surface area contributed by atoms with Crippen LogP contribution >= 0.6 is 0 Å². The fourth-order valence-corrected chi connectivity index (χ4v) is 2.35. The van der Waals surface area contributed by atoms with Crippen molar-refractivity contribution in [2.45, 2.75) is 0 Å². The number of pyridine rings is 1. The molecular weight excluding hydrogens is 368 g/mol. The van der Waals surface area contributed by atoms with Crippen molar-refractivity contribution < 1.29 is 23.0 Å². The van der Waals surface area contributed by atoms with Gasteiger partial charge in [0.05, 0.1) is 24.7 Å². The van der Waals surface area contributed by atoms with E-state index < -0.39 is 17.5 Å². The van der Waals surface area contributed by atoms with Crippen LogP contribution in [-0.4, -0.2) is 24.6 Å². The summed E-state index contributed by atoms with van der Waals surface area (Å²) in [6, 6.07) is 13.4. The van der Waals surface area contributed by atoms with Crippen LogP contribution in [0, 0.1) is 11.6 Å². The molecule has 1 aromatic heterocycles. The van der Waals surface area contributed by atoms with Gasteiger partial charge in [-0.3, -0.25) is 4.79 Å². The summed E-state index contributed by atoms with van der Waals surface area (Å²) in [7, 11) is 1.51. The van der Waals surface area contributed by atoms with E-state index in [-0.39, 0.29) is 12.3 Å². The average Bonchev–Trinajstić information content (AvgIpc) is 2.70. The maximum atomic E-state index is 13.7. The fraction of sp³-hybridized carbons (Fsp3) is 0.100. The van der Waals surface area contributed by atoms with Gasteiger partial charge in [-0.15, -0.1) is 0 Å². The van der Waals surface area contributed by atoms with E-state index in [2.05, 4.69) is 15.6 Å². The minimum atomic E-state index is -0.717. The third-order valence-corrected chi connectivity index (χ3v) is 3.67. The number of hydrogen-bond acceptors (Lipinski definition) is 5. The lowest BCUT2D eigenvalue weighted by Gasteiger charge is -2.11. The smallest absolute Gasteiger partial charge is 0.263 e. The van der Waals surface area contributed by atoms with Crippen molar-refractivity contribution in [2.24, 2.45) is 0 Å². The second kappa shape index (κ2) is 8.81. The maximum Gasteiger partial charge on any atom is 0.263 e. The monoisotopic (exact) mass is 385 g/mol. The number of halogens is 2. The van der Waals surface area contributed by atoms with Crippen LogP contribution < -0.4 is 20.1 Å². The van der Waals surface area contributed by atoms with Gasteiger partial charge in [-0.2, -0.15) is 0 Å². The summed E-state index contributed by atoms with van der Waals surface area (Å²) in [5.41, 5.74) is 0.596. The number of aromatic nitrogens is 1. The van der Waals surface area contributed by atoms with Crippen LogP contribution in [-0.2, 0) is 4.79 Å². The van der Waals surface area contributed by atoms with E-state index in [1.54, 1.807) is 36.4 Å². The van der Waals surface area contributed by atoms with Gasteiger partial charge >= 0.3 is 0 Å². The minimum Gasteiger partial charge on any atom is -0.493 e. The van der Waals surface area contributed by atoms with Gasteiger partial charge in [-0.05, 0) is 36.4 Å². The molecule has 28 heavy (non-hydrogen) atoms. The van der Waals surface area contributed by atoms with Gasteiger partial charge in [0.2, 0.25) is 0 Å². The quantitative estimate of drug-likeness (QED) is 0.640. The number of rotatable bonds is 7. The highest BCUT2D eigenvalue weighted by atomic mass is 19.1. The number of carbonyl (C=O) groups excluding carboxylic acids is 1. The summed E-state index contributed by atoms with van der Waals surface area (Å²) in [6.45, 7) is -0.219. The lowest BCUT2D eigenvalue weighted by Crippen LogP contribution is -2.20. The van der Waals surface area contributed by atoms with E-state index in [0.29, 0.717) is 23.0 Å². The first-order valence-electron chi connectivity index (χ1n) is 8.29. The highest BCUT2D eigenvalue weighted by Gasteiger charge is 2.09. The van der Waals surface area contributed by atoms with Crippen LogP contribution in [0.1, 0.15) is 0 Å². The zero-order valence-corrected chi connectivity index (χ0v) is 14.9. The van der Waals surface area contributed by atoms with Crippen molar-refractivity contribution in [2.75, 3.05) is 24.4 Å². The maximum absolute atomic E-state index is 13.7. The molecule has 0 aliphatic rings. The summed E-state index contributed by atoms with van der Waals surface area (Å²) < 4.78 is 37.2. The van der Waals surface area contributed by atoms with Gasteiger partial charge in [0, 0.05) is 6.07 Å². The van der Waals surface area contributed by atoms with Crippen LogP contribution in [0.3, 0.4) is 0 Å². The molecule has 0 atom stereocenters. The molecule has 1 amide bonds. The summed E-state index contributed by atoms with van der Waals surface area (Å²) in [4.78, 5) is 16.1. The standard InChI is InChI=1S/C20H17F2N3O3/c1-27-17-4-2-3-5-18(17)28-12-20(26)25-19-9-7-14(11-23-19)24-16-8-6-13(21)10-15(16)22/h2-11,24H,12H2,1H3,(H,23,25,26). The molecule has 0 bridgehead atoms. The third kappa shape index (κ3) is 4.94. The summed E-state index contributed by atoms with van der Waals surface area (Å²) in [5, 5.41) is 5.38. The zero-order valence-electron chi connectivity index (χ0n) is 14.9. The van der Waals surface area contributed by atoms with Crippen LogP contribution in [0.4, 0.5) is 26.0 Å². The molecule has 3 aromatic rings. The average molecular weight is 385 g/mol. The van der Waals surface area contributed by atoms with E-state index in [1.807, 2.05) is 0 Å². The second-order valence-electron chi connectivity index (χ2n) is 5.67. The van der Waals surface area contributed by atoms with Crippen molar-refractivity contribution in [3.63, 3.8) is 0 Å². The van der Waals surface area contributed by atoms with Crippen molar-refractivity contribution >= 4 is 23.1 Å². The number of hydrogen-bond donors (Lipinski definition) is 2. The van der Waals surface area contributed by atoms with Crippen LogP contribution in [0.2, 0.25) is 0 Å². The third-order valence-electron chi connectivity index (χ3n) is 3.67. The molecule has 0 unspecified atom stereocenters. The van der Waals surface area contributed by atoms with Gasteiger partial charge in [-0.1, -0.05) is 12.1 Å². The lowest BCUT2D eigenvalue weighted by atomic mass is 10.3. The van der Waals surface area contributed by atoms with E-state index in [1.165, 1.54) is 19.4 Å². The molecule has 2 aromatic carbocycles. The number of amides is 1. The molecule has 6 nitrogen and oxygen atoms in total. The zero-order chi connectivity index (χ0) is 19.9. The largest absolute Gasteiger partial charge is 0.493 e. The fourth-order valence-electron chi connectivity index (χ4n) is 2.35. The van der Waals surface area contributed by atoms with E-state index in [0.717, 1.165) is 12.1 Å². The molecule has 144 valence electrons. The SMILES string of the molecule is COc1ccccc1OCC(=O)Nc1ccc(Nc2ccc(F)cc2F)cn1. The Kier molecular flexibility index (Phi) is 6.01. The van der Waals surface area contributed by atoms with Gasteiger partial charge in [0.15, 0.2) is 18.1 Å². The first kappa shape index (κ1) is 19.1. The molecule has 0 saturated heterocycles. The topological polar surface area (TPSA) is 72.5 Å². The Labute approximate surface area is 160 Å². The highest BCUT2D eigenvalue weighted by Crippen LogP contribution is 2.25. The Bertz CT molecular complexity index is 965. The first-order valence-corrected chi connectivity index (χ1v) is 8.29. The number of para-hydroxylation sites is 2. The van der Waals surface area contributed by atoms with Crippen molar-refractivity contribution in [1.29, 1.82) is 0 Å². The van der Waals surface area contributed by atoms with Crippen LogP contribution in [0.15, 0.2) is 60.8 Å². The molecule has 1 heterocycles. The molecule has 0 spiro atoms. The Morgan fingerprint density at radius 1 is 1.07 bits per heavy atom. The highest BCUT2D eigenvalue weighted by molar-refractivity contribution is 5.91. The van der Waals surface area contributed by atoms with Crippen molar-refractivity contribution in [3.8, 4) is 11.5 Å². The first-order chi connectivity index (χ1) is 13.5. The van der Waals surface area contributed by atoms with Crippen LogP contribution in [0.5, 0.6) is 11.5 Å². The van der Waals surface area contributed by atoms with Crippen LogP contribution in [0.25, 0.3) is 0 Å². The molecule has 0 aliphatic heterocycles. The predicted molar refractivity (Wildman–Crippen MR) is 101 cm³/mol. The Morgan fingerprint density at radius 3 is 2.54 bits per heavy atom. The minimum absolute atomic E-state index is 0.116. The number of methoxy groups -OCH3 is 1. The van der Waals surface area contributed by atoms with E-state index in [4.69, 9.17) is 9.47 Å². The Balaban J connectivity index is 1.55. The number of benzene rings is 2. The van der Waals surface area contributed by atoms with Gasteiger partial charge in [-0.25, -0.2) is 13.8 Å². The Morgan fingerprint density at radius 2 is 1.86 bits per heavy atom. The number of anilines is 3. The molecule has 0 radical (unpaired) electrons. The van der Waals surface area contributed by atoms with E-state index in [9.17, 15) is 13.6 Å². The number of carbonyl (C=O) groups is 1. The number of nitrogens with zero attached hydrogens (tertiary/aromatic N) is 1. The van der Waals surface area contributed by atoms with Crippen molar-refractivity contribution in [3.05, 3.63) is 72.4 Å². The normalized spacial score (nSPS) is 10.2. The van der Waals surface area contributed by atoms with Gasteiger partial charge < -0.3 is 20.1 Å². The summed E-state index contributed by atoms with van der Waals surface area (Å²) >= 11 is 0. The molecule has 0 saturated carbocycles. The number of ether oxygens (including phenoxy) is 2. The van der Waals surface area contributed by atoms with Gasteiger partial charge in [0.1, 0.15) is 17.5 Å². The molecule has 0 fully saturated rings. The molecule has 8 heteroatoms. The second-order valence-corrected chi connectivity index (χ2v) is 5.67. The molecule has 2 N–H and O–H groups in total. The number of nitrogens with one attached hydrogen (secondary N) is 2. The summed E-state index contributed by atoms with van der Waals surface area (Å²) in [5.74, 6) is -0.492. The molecule has 0 aliphatic carbocycles. The van der Waals surface area contributed by atoms with Crippen molar-refractivity contribution in [1.82, 2.24) is 4.98 Å². The summed E-state index contributed by atoms with van der Waals surface area (Å²) in [6.07, 6.45) is 1.42. The van der Waals surface area contributed by atoms with Gasteiger partial charge in [0.25, 0.3) is 5.91 Å². The predicted octanol–water partition coefficient (Wildman–Crippen LogP) is 4.13. The van der Waals surface area contributed by atoms with E-state index >= 15 is 0 Å². The molecule has 3 rings (SSSR count). The lowest BCUT2D eigenvalue weighted by molar-refractivity contribution is -0.118. The Hall–Kier alpha value is -3.68. The molecular formula is C20H17F2N3O3.